The molecule has 3 aromatic rings. The maximum absolute atomic E-state index is 4.39. The Balaban J connectivity index is 1.78. The molecule has 0 unspecified atom stereocenters. The van der Waals surface area contributed by atoms with Gasteiger partial charge in [0, 0.05) is 36.3 Å². The summed E-state index contributed by atoms with van der Waals surface area (Å²) < 4.78 is 1.82. The maximum Gasteiger partial charge on any atom is 0.155 e. The highest BCUT2D eigenvalue weighted by Gasteiger charge is 2.01. The molecule has 0 aliphatic heterocycles. The van der Waals surface area contributed by atoms with E-state index in [1.165, 1.54) is 5.56 Å². The Labute approximate surface area is 112 Å². The number of aromatic nitrogens is 3. The molecule has 0 amide bonds. The molecule has 0 bridgehead atoms. The van der Waals surface area contributed by atoms with E-state index in [-0.39, 0.29) is 0 Å². The minimum atomic E-state index is 0.741. The van der Waals surface area contributed by atoms with Crippen LogP contribution in [0.25, 0.3) is 5.65 Å². The third-order valence-corrected chi connectivity index (χ3v) is 3.00. The van der Waals surface area contributed by atoms with Crippen molar-refractivity contribution in [1.82, 2.24) is 14.6 Å². The van der Waals surface area contributed by atoms with Gasteiger partial charge in [0.25, 0.3) is 0 Å². The summed E-state index contributed by atoms with van der Waals surface area (Å²) in [6, 6.07) is 10.3. The van der Waals surface area contributed by atoms with Crippen molar-refractivity contribution in [1.29, 1.82) is 0 Å². The summed E-state index contributed by atoms with van der Waals surface area (Å²) in [4.78, 5) is 4.39. The van der Waals surface area contributed by atoms with Gasteiger partial charge in [0.1, 0.15) is 0 Å². The van der Waals surface area contributed by atoms with E-state index < -0.39 is 0 Å². The first-order chi connectivity index (χ1) is 9.20. The van der Waals surface area contributed by atoms with Crippen LogP contribution in [0.2, 0.25) is 0 Å². The standard InChI is InChI=1S/C15H16N4/c1-11-4-3-5-14(6-11)16-8-13-9-17-15-7-12(2)18-19(15)10-13/h3-7,9-10,16H,8H2,1-2H3. The molecular formula is C15H16N4. The van der Waals surface area contributed by atoms with E-state index in [4.69, 9.17) is 0 Å². The quantitative estimate of drug-likeness (QED) is 0.779. The third-order valence-electron chi connectivity index (χ3n) is 3.00. The zero-order valence-electron chi connectivity index (χ0n) is 11.1. The number of nitrogens with one attached hydrogen (secondary N) is 1. The van der Waals surface area contributed by atoms with Gasteiger partial charge in [0.05, 0.1) is 5.69 Å². The van der Waals surface area contributed by atoms with Crippen molar-refractivity contribution in [3.63, 3.8) is 0 Å². The van der Waals surface area contributed by atoms with Gasteiger partial charge >= 0.3 is 0 Å². The lowest BCUT2D eigenvalue weighted by Crippen LogP contribution is -2.02. The largest absolute Gasteiger partial charge is 0.381 e. The van der Waals surface area contributed by atoms with Crippen LogP contribution in [-0.2, 0) is 6.54 Å². The SMILES string of the molecule is Cc1cccc(NCc2cnc3cc(C)nn3c2)c1. The fraction of sp³-hybridized carbons (Fsp3) is 0.200. The molecule has 0 aliphatic rings. The highest BCUT2D eigenvalue weighted by Crippen LogP contribution is 2.11. The zero-order valence-corrected chi connectivity index (χ0v) is 11.1. The Morgan fingerprint density at radius 3 is 2.95 bits per heavy atom. The van der Waals surface area contributed by atoms with Gasteiger partial charge in [-0.25, -0.2) is 9.50 Å². The van der Waals surface area contributed by atoms with E-state index in [1.54, 1.807) is 0 Å². The average molecular weight is 252 g/mol. The number of nitrogens with zero attached hydrogens (tertiary/aromatic N) is 3. The van der Waals surface area contributed by atoms with E-state index in [9.17, 15) is 0 Å². The molecule has 1 N–H and O–H groups in total. The lowest BCUT2D eigenvalue weighted by Gasteiger charge is -2.07. The molecule has 0 aliphatic carbocycles. The van der Waals surface area contributed by atoms with Gasteiger partial charge in [-0.05, 0) is 31.5 Å². The summed E-state index contributed by atoms with van der Waals surface area (Å²) in [5.74, 6) is 0. The van der Waals surface area contributed by atoms with E-state index >= 15 is 0 Å². The molecule has 1 aromatic carbocycles. The van der Waals surface area contributed by atoms with Gasteiger partial charge in [-0.1, -0.05) is 12.1 Å². The van der Waals surface area contributed by atoms with Crippen LogP contribution in [0.4, 0.5) is 5.69 Å². The van der Waals surface area contributed by atoms with E-state index in [2.05, 4.69) is 46.6 Å². The van der Waals surface area contributed by atoms with E-state index in [0.717, 1.165) is 29.1 Å². The summed E-state index contributed by atoms with van der Waals surface area (Å²) in [7, 11) is 0. The van der Waals surface area contributed by atoms with Gasteiger partial charge in [-0.15, -0.1) is 0 Å². The van der Waals surface area contributed by atoms with Gasteiger partial charge in [-0.2, -0.15) is 5.10 Å². The predicted molar refractivity (Wildman–Crippen MR) is 76.2 cm³/mol. The second kappa shape index (κ2) is 4.72. The number of aryl methyl sites for hydroxylation is 2. The fourth-order valence-corrected chi connectivity index (χ4v) is 2.08. The average Bonchev–Trinajstić information content (AvgIpc) is 2.75. The Morgan fingerprint density at radius 2 is 2.11 bits per heavy atom. The topological polar surface area (TPSA) is 42.2 Å². The normalized spacial score (nSPS) is 10.8. The van der Waals surface area contributed by atoms with E-state index in [1.807, 2.05) is 29.9 Å². The first-order valence-corrected chi connectivity index (χ1v) is 6.32. The lowest BCUT2D eigenvalue weighted by atomic mass is 10.2. The van der Waals surface area contributed by atoms with Crippen molar-refractivity contribution in [3.05, 3.63) is 59.5 Å². The highest BCUT2D eigenvalue weighted by atomic mass is 15.2. The molecule has 0 spiro atoms. The zero-order chi connectivity index (χ0) is 13.2. The molecule has 4 nitrogen and oxygen atoms in total. The van der Waals surface area contributed by atoms with Crippen molar-refractivity contribution in [2.75, 3.05) is 5.32 Å². The van der Waals surface area contributed by atoms with Gasteiger partial charge in [0.15, 0.2) is 5.65 Å². The second-order valence-corrected chi connectivity index (χ2v) is 4.77. The molecule has 96 valence electrons. The molecular weight excluding hydrogens is 236 g/mol. The van der Waals surface area contributed by atoms with Crippen LogP contribution in [0.1, 0.15) is 16.8 Å². The number of hydrogen-bond acceptors (Lipinski definition) is 3. The van der Waals surface area contributed by atoms with Crippen LogP contribution in [0.15, 0.2) is 42.7 Å². The van der Waals surface area contributed by atoms with Crippen LogP contribution >= 0.6 is 0 Å². The van der Waals surface area contributed by atoms with Crippen molar-refractivity contribution in [2.24, 2.45) is 0 Å². The number of rotatable bonds is 3. The molecule has 0 atom stereocenters. The number of fused-ring (bicyclic) bond motifs is 1. The van der Waals surface area contributed by atoms with Gasteiger partial charge in [0.2, 0.25) is 0 Å². The number of hydrogen-bond donors (Lipinski definition) is 1. The molecule has 19 heavy (non-hydrogen) atoms. The van der Waals surface area contributed by atoms with Crippen molar-refractivity contribution < 1.29 is 0 Å². The van der Waals surface area contributed by atoms with Crippen LogP contribution in [0.5, 0.6) is 0 Å². The fourth-order valence-electron chi connectivity index (χ4n) is 2.08. The molecule has 0 saturated carbocycles. The van der Waals surface area contributed by atoms with Crippen LogP contribution in [0, 0.1) is 13.8 Å². The summed E-state index contributed by atoms with van der Waals surface area (Å²) in [5.41, 5.74) is 5.35. The Kier molecular flexibility index (Phi) is 2.91. The Bertz CT molecular complexity index is 715. The maximum atomic E-state index is 4.39. The summed E-state index contributed by atoms with van der Waals surface area (Å²) in [6.45, 7) is 4.80. The molecule has 3 rings (SSSR count). The molecule has 0 saturated heterocycles. The molecule has 2 heterocycles. The van der Waals surface area contributed by atoms with Gasteiger partial charge in [-0.3, -0.25) is 0 Å². The number of benzene rings is 1. The summed E-state index contributed by atoms with van der Waals surface area (Å²) >= 11 is 0. The first kappa shape index (κ1) is 11.7. The molecule has 0 fully saturated rings. The molecule has 2 aromatic heterocycles. The summed E-state index contributed by atoms with van der Waals surface area (Å²) in [6.07, 6.45) is 3.90. The lowest BCUT2D eigenvalue weighted by molar-refractivity contribution is 0.895. The van der Waals surface area contributed by atoms with Crippen molar-refractivity contribution >= 4 is 11.3 Å². The molecule has 4 heteroatoms. The number of anilines is 1. The Morgan fingerprint density at radius 1 is 1.21 bits per heavy atom. The molecule has 0 radical (unpaired) electrons. The Hall–Kier alpha value is -2.36. The van der Waals surface area contributed by atoms with Crippen LogP contribution in [-0.4, -0.2) is 14.6 Å². The highest BCUT2D eigenvalue weighted by molar-refractivity contribution is 5.46. The van der Waals surface area contributed by atoms with Crippen molar-refractivity contribution in [2.45, 2.75) is 20.4 Å². The summed E-state index contributed by atoms with van der Waals surface area (Å²) in [5, 5.41) is 7.76. The van der Waals surface area contributed by atoms with Crippen molar-refractivity contribution in [3.8, 4) is 0 Å². The monoisotopic (exact) mass is 252 g/mol. The first-order valence-electron chi connectivity index (χ1n) is 6.32. The minimum Gasteiger partial charge on any atom is -0.381 e. The van der Waals surface area contributed by atoms with Crippen LogP contribution < -0.4 is 5.32 Å². The van der Waals surface area contributed by atoms with E-state index in [0.29, 0.717) is 0 Å². The smallest absolute Gasteiger partial charge is 0.155 e. The second-order valence-electron chi connectivity index (χ2n) is 4.77. The third kappa shape index (κ3) is 2.57. The minimum absolute atomic E-state index is 0.741. The van der Waals surface area contributed by atoms with Crippen LogP contribution in [0.3, 0.4) is 0 Å². The predicted octanol–water partition coefficient (Wildman–Crippen LogP) is 2.96. The van der Waals surface area contributed by atoms with Gasteiger partial charge < -0.3 is 5.32 Å².